The Bertz CT molecular complexity index is 624. The molecule has 138 valence electrons. The Hall–Kier alpha value is -2.15. The van der Waals surface area contributed by atoms with E-state index in [2.05, 4.69) is 10.6 Å². The van der Waals surface area contributed by atoms with Crippen molar-refractivity contribution in [1.29, 1.82) is 0 Å². The summed E-state index contributed by atoms with van der Waals surface area (Å²) in [6.07, 6.45) is 0.921. The highest BCUT2D eigenvalue weighted by molar-refractivity contribution is 5.82. The van der Waals surface area contributed by atoms with Crippen molar-refractivity contribution < 1.29 is 18.7 Å². The summed E-state index contributed by atoms with van der Waals surface area (Å²) < 4.78 is 19.3. The number of halogens is 1. The Morgan fingerprint density at radius 2 is 2.12 bits per heavy atom. The molecule has 7 heteroatoms. The average Bonchev–Trinajstić information content (AvgIpc) is 2.99. The van der Waals surface area contributed by atoms with Crippen molar-refractivity contribution in [1.82, 2.24) is 15.5 Å². The first-order chi connectivity index (χ1) is 12.0. The van der Waals surface area contributed by atoms with Gasteiger partial charge >= 0.3 is 0 Å². The molecular weight excluding hydrogens is 325 g/mol. The molecule has 1 saturated heterocycles. The summed E-state index contributed by atoms with van der Waals surface area (Å²) in [5.41, 5.74) is 0.498. The maximum Gasteiger partial charge on any atom is 0.237 e. The number of hydrogen-bond donors (Lipinski definition) is 2. The van der Waals surface area contributed by atoms with E-state index in [0.717, 1.165) is 0 Å². The van der Waals surface area contributed by atoms with Crippen molar-refractivity contribution in [2.45, 2.75) is 45.3 Å². The van der Waals surface area contributed by atoms with Gasteiger partial charge in [-0.15, -0.1) is 0 Å². The fourth-order valence-electron chi connectivity index (χ4n) is 3.08. The first-order valence-electron chi connectivity index (χ1n) is 8.62. The zero-order valence-corrected chi connectivity index (χ0v) is 15.0. The Morgan fingerprint density at radius 3 is 2.72 bits per heavy atom. The van der Waals surface area contributed by atoms with E-state index in [0.29, 0.717) is 43.8 Å². The van der Waals surface area contributed by atoms with Crippen LogP contribution in [0.3, 0.4) is 0 Å². The van der Waals surface area contributed by atoms with Crippen LogP contribution in [0.5, 0.6) is 5.75 Å². The number of methoxy groups -OCH3 is 1. The Balaban J connectivity index is 2.13. The monoisotopic (exact) mass is 351 g/mol. The molecule has 6 nitrogen and oxygen atoms in total. The minimum absolute atomic E-state index is 0.0443. The van der Waals surface area contributed by atoms with Gasteiger partial charge in [-0.05, 0) is 19.4 Å². The molecule has 2 atom stereocenters. The largest absolute Gasteiger partial charge is 0.497 e. The molecule has 1 aromatic rings. The van der Waals surface area contributed by atoms with Gasteiger partial charge in [0.1, 0.15) is 11.6 Å². The van der Waals surface area contributed by atoms with Gasteiger partial charge in [-0.3, -0.25) is 14.5 Å². The Kier molecular flexibility index (Phi) is 6.75. The summed E-state index contributed by atoms with van der Waals surface area (Å²) in [6.45, 7) is 4.99. The molecule has 1 aliphatic heterocycles. The van der Waals surface area contributed by atoms with Gasteiger partial charge in [-0.25, -0.2) is 4.39 Å². The molecule has 0 spiro atoms. The number of benzene rings is 1. The highest BCUT2D eigenvalue weighted by atomic mass is 19.1. The van der Waals surface area contributed by atoms with Gasteiger partial charge in [-0.1, -0.05) is 13.0 Å². The molecule has 0 bridgehead atoms. The maximum absolute atomic E-state index is 14.3. The lowest BCUT2D eigenvalue weighted by Gasteiger charge is -2.23. The predicted octanol–water partition coefficient (Wildman–Crippen LogP) is 1.44. The van der Waals surface area contributed by atoms with E-state index >= 15 is 0 Å². The first kappa shape index (κ1) is 19.2. The van der Waals surface area contributed by atoms with Crippen molar-refractivity contribution in [3.05, 3.63) is 29.6 Å². The molecule has 25 heavy (non-hydrogen) atoms. The van der Waals surface area contributed by atoms with E-state index in [1.807, 2.05) is 11.8 Å². The SMILES string of the molecule is CCNC(=O)[C@@H]1C[C@H](NC(=O)CC)CN1Cc1ccc(OC)cc1F. The standard InChI is InChI=1S/C18H26FN3O3/c1-4-17(23)21-13-8-16(18(24)20-5-2)22(11-13)10-12-6-7-14(25-3)9-15(12)19/h6-7,9,13,16H,4-5,8,10-11H2,1-3H3,(H,20,24)(H,21,23)/t13-,16-/m0/s1. The van der Waals surface area contributed by atoms with Crippen LogP contribution in [0.25, 0.3) is 0 Å². The van der Waals surface area contributed by atoms with E-state index in [1.165, 1.54) is 13.2 Å². The lowest BCUT2D eigenvalue weighted by atomic mass is 10.1. The molecule has 1 fully saturated rings. The summed E-state index contributed by atoms with van der Waals surface area (Å²) >= 11 is 0. The van der Waals surface area contributed by atoms with Gasteiger partial charge in [-0.2, -0.15) is 0 Å². The van der Waals surface area contributed by atoms with Crippen molar-refractivity contribution in [3.8, 4) is 5.75 Å². The number of likely N-dealkylation sites (tertiary alicyclic amines) is 1. The fourth-order valence-corrected chi connectivity index (χ4v) is 3.08. The number of nitrogens with one attached hydrogen (secondary N) is 2. The number of nitrogens with zero attached hydrogens (tertiary/aromatic N) is 1. The van der Waals surface area contributed by atoms with Crippen LogP contribution in [0.4, 0.5) is 4.39 Å². The van der Waals surface area contributed by atoms with E-state index in [-0.39, 0.29) is 29.7 Å². The van der Waals surface area contributed by atoms with Crippen LogP contribution in [-0.4, -0.2) is 49.0 Å². The number of carbonyl (C=O) groups excluding carboxylic acids is 2. The molecule has 0 unspecified atom stereocenters. The molecule has 1 aliphatic rings. The minimum Gasteiger partial charge on any atom is -0.497 e. The molecule has 1 heterocycles. The number of likely N-dealkylation sites (N-methyl/N-ethyl adjacent to an activating group) is 1. The molecule has 2 N–H and O–H groups in total. The van der Waals surface area contributed by atoms with E-state index in [1.54, 1.807) is 19.1 Å². The fraction of sp³-hybridized carbons (Fsp3) is 0.556. The summed E-state index contributed by atoms with van der Waals surface area (Å²) in [5, 5.41) is 5.75. The Morgan fingerprint density at radius 1 is 1.36 bits per heavy atom. The second-order valence-corrected chi connectivity index (χ2v) is 6.15. The number of hydrogen-bond acceptors (Lipinski definition) is 4. The van der Waals surface area contributed by atoms with E-state index in [9.17, 15) is 14.0 Å². The summed E-state index contributed by atoms with van der Waals surface area (Å²) in [6, 6.07) is 4.21. The molecule has 0 aromatic heterocycles. The number of ether oxygens (including phenoxy) is 1. The average molecular weight is 351 g/mol. The van der Waals surface area contributed by atoms with Gasteiger partial charge in [0.05, 0.1) is 13.2 Å². The van der Waals surface area contributed by atoms with Gasteiger partial charge < -0.3 is 15.4 Å². The van der Waals surface area contributed by atoms with Crippen molar-refractivity contribution in [3.63, 3.8) is 0 Å². The zero-order chi connectivity index (χ0) is 18.4. The number of carbonyl (C=O) groups is 2. The van der Waals surface area contributed by atoms with Crippen LogP contribution in [0.15, 0.2) is 18.2 Å². The lowest BCUT2D eigenvalue weighted by molar-refractivity contribution is -0.125. The Labute approximate surface area is 147 Å². The van der Waals surface area contributed by atoms with E-state index < -0.39 is 0 Å². The number of rotatable bonds is 7. The van der Waals surface area contributed by atoms with Crippen LogP contribution in [0.1, 0.15) is 32.3 Å². The lowest BCUT2D eigenvalue weighted by Crippen LogP contribution is -2.42. The van der Waals surface area contributed by atoms with Gasteiger partial charge in [0.25, 0.3) is 0 Å². The van der Waals surface area contributed by atoms with Crippen molar-refractivity contribution >= 4 is 11.8 Å². The van der Waals surface area contributed by atoms with Crippen LogP contribution in [-0.2, 0) is 16.1 Å². The smallest absolute Gasteiger partial charge is 0.237 e. The third-order valence-corrected chi connectivity index (χ3v) is 4.38. The predicted molar refractivity (Wildman–Crippen MR) is 92.7 cm³/mol. The molecule has 0 saturated carbocycles. The highest BCUT2D eigenvalue weighted by Gasteiger charge is 2.37. The highest BCUT2D eigenvalue weighted by Crippen LogP contribution is 2.24. The topological polar surface area (TPSA) is 70.7 Å². The van der Waals surface area contributed by atoms with Crippen LogP contribution in [0.2, 0.25) is 0 Å². The molecule has 2 amide bonds. The molecule has 1 aromatic carbocycles. The first-order valence-corrected chi connectivity index (χ1v) is 8.62. The molecule has 2 rings (SSSR count). The molecular formula is C18H26FN3O3. The van der Waals surface area contributed by atoms with Gasteiger partial charge in [0.2, 0.25) is 11.8 Å². The number of amides is 2. The van der Waals surface area contributed by atoms with Crippen LogP contribution in [0, 0.1) is 5.82 Å². The van der Waals surface area contributed by atoms with Crippen LogP contribution < -0.4 is 15.4 Å². The third-order valence-electron chi connectivity index (χ3n) is 4.38. The zero-order valence-electron chi connectivity index (χ0n) is 15.0. The summed E-state index contributed by atoms with van der Waals surface area (Å²) in [5.74, 6) is -0.0483. The molecule has 0 radical (unpaired) electrons. The van der Waals surface area contributed by atoms with Crippen LogP contribution >= 0.6 is 0 Å². The van der Waals surface area contributed by atoms with E-state index in [4.69, 9.17) is 4.74 Å². The van der Waals surface area contributed by atoms with Crippen molar-refractivity contribution in [2.24, 2.45) is 0 Å². The maximum atomic E-state index is 14.3. The minimum atomic E-state index is -0.386. The van der Waals surface area contributed by atoms with Crippen molar-refractivity contribution in [2.75, 3.05) is 20.2 Å². The summed E-state index contributed by atoms with van der Waals surface area (Å²) in [7, 11) is 1.49. The van der Waals surface area contributed by atoms with Gasteiger partial charge in [0, 0.05) is 43.7 Å². The summed E-state index contributed by atoms with van der Waals surface area (Å²) in [4.78, 5) is 25.9. The third kappa shape index (κ3) is 4.92. The second kappa shape index (κ2) is 8.80. The molecule has 0 aliphatic carbocycles. The second-order valence-electron chi connectivity index (χ2n) is 6.15. The normalized spacial score (nSPS) is 20.3. The van der Waals surface area contributed by atoms with Gasteiger partial charge in [0.15, 0.2) is 0 Å². The quantitative estimate of drug-likeness (QED) is 0.780.